The van der Waals surface area contributed by atoms with E-state index >= 15 is 0 Å². The summed E-state index contributed by atoms with van der Waals surface area (Å²) in [4.78, 5) is 0. The van der Waals surface area contributed by atoms with Gasteiger partial charge in [-0.15, -0.1) is 0 Å². The van der Waals surface area contributed by atoms with Crippen LogP contribution in [0.1, 0.15) is 31.1 Å². The molecule has 0 saturated heterocycles. The number of likely N-dealkylation sites (N-methyl/N-ethyl adjacent to an activating group) is 1. The summed E-state index contributed by atoms with van der Waals surface area (Å²) in [5.74, 6) is 0.574. The number of benzene rings is 1. The van der Waals surface area contributed by atoms with Crippen LogP contribution in [0.5, 0.6) is 0 Å². The molecule has 1 rings (SSSR count). The Bertz CT molecular complexity index is 352. The molecule has 1 aromatic rings. The third-order valence-electron chi connectivity index (χ3n) is 2.92. The Hall–Kier alpha value is -0.900. The second-order valence-corrected chi connectivity index (χ2v) is 5.24. The standard InChI is InChI=1S/C16H27NO2/c1-13(2)12-18-9-10-19-16(11-17-4)15-8-6-5-7-14(15)3/h5-8,13,16-17H,9-12H2,1-4H3. The molecule has 0 aromatic heterocycles. The van der Waals surface area contributed by atoms with Crippen molar-refractivity contribution in [2.75, 3.05) is 33.4 Å². The third kappa shape index (κ3) is 6.19. The summed E-state index contributed by atoms with van der Waals surface area (Å²) in [6, 6.07) is 8.37. The molecular formula is C16H27NO2. The number of hydrogen-bond donors (Lipinski definition) is 1. The van der Waals surface area contributed by atoms with Gasteiger partial charge < -0.3 is 14.8 Å². The van der Waals surface area contributed by atoms with E-state index in [2.05, 4.69) is 50.4 Å². The van der Waals surface area contributed by atoms with Crippen molar-refractivity contribution in [2.45, 2.75) is 26.9 Å². The fourth-order valence-electron chi connectivity index (χ4n) is 1.96. The Morgan fingerprint density at radius 3 is 2.53 bits per heavy atom. The molecule has 0 amide bonds. The topological polar surface area (TPSA) is 30.5 Å². The van der Waals surface area contributed by atoms with E-state index in [9.17, 15) is 0 Å². The average Bonchev–Trinajstić information content (AvgIpc) is 2.37. The zero-order valence-corrected chi connectivity index (χ0v) is 12.6. The van der Waals surface area contributed by atoms with Crippen LogP contribution < -0.4 is 5.32 Å². The quantitative estimate of drug-likeness (QED) is 0.696. The van der Waals surface area contributed by atoms with Gasteiger partial charge in [0.1, 0.15) is 0 Å². The molecule has 0 heterocycles. The molecule has 0 bridgehead atoms. The monoisotopic (exact) mass is 265 g/mol. The van der Waals surface area contributed by atoms with Crippen LogP contribution in [0.25, 0.3) is 0 Å². The highest BCUT2D eigenvalue weighted by Crippen LogP contribution is 2.20. The largest absolute Gasteiger partial charge is 0.379 e. The molecule has 1 unspecified atom stereocenters. The normalized spacial score (nSPS) is 12.9. The van der Waals surface area contributed by atoms with Gasteiger partial charge >= 0.3 is 0 Å². The molecule has 3 nitrogen and oxygen atoms in total. The van der Waals surface area contributed by atoms with Crippen LogP contribution in [0.2, 0.25) is 0 Å². The Morgan fingerprint density at radius 2 is 1.89 bits per heavy atom. The summed E-state index contributed by atoms with van der Waals surface area (Å²) >= 11 is 0. The van der Waals surface area contributed by atoms with Crippen LogP contribution in [0.4, 0.5) is 0 Å². The highest BCUT2D eigenvalue weighted by Gasteiger charge is 2.12. The van der Waals surface area contributed by atoms with Crippen LogP contribution in [-0.4, -0.2) is 33.4 Å². The lowest BCUT2D eigenvalue weighted by Gasteiger charge is -2.20. The van der Waals surface area contributed by atoms with E-state index in [4.69, 9.17) is 9.47 Å². The first-order valence-corrected chi connectivity index (χ1v) is 7.04. The third-order valence-corrected chi connectivity index (χ3v) is 2.92. The van der Waals surface area contributed by atoms with Gasteiger partial charge in [0.15, 0.2) is 0 Å². The number of hydrogen-bond acceptors (Lipinski definition) is 3. The van der Waals surface area contributed by atoms with Gasteiger partial charge in [0, 0.05) is 13.2 Å². The lowest BCUT2D eigenvalue weighted by molar-refractivity contribution is -0.000878. The fourth-order valence-corrected chi connectivity index (χ4v) is 1.96. The maximum Gasteiger partial charge on any atom is 0.0952 e. The Kier molecular flexibility index (Phi) is 7.72. The van der Waals surface area contributed by atoms with Crippen molar-refractivity contribution in [2.24, 2.45) is 5.92 Å². The fraction of sp³-hybridized carbons (Fsp3) is 0.625. The van der Waals surface area contributed by atoms with E-state index in [1.165, 1.54) is 11.1 Å². The van der Waals surface area contributed by atoms with Crippen molar-refractivity contribution >= 4 is 0 Å². The van der Waals surface area contributed by atoms with E-state index in [0.717, 1.165) is 13.2 Å². The van der Waals surface area contributed by atoms with Crippen molar-refractivity contribution in [1.29, 1.82) is 0 Å². The van der Waals surface area contributed by atoms with Crippen LogP contribution in [0.15, 0.2) is 24.3 Å². The lowest BCUT2D eigenvalue weighted by atomic mass is 10.0. The van der Waals surface area contributed by atoms with Gasteiger partial charge in [-0.2, -0.15) is 0 Å². The lowest BCUT2D eigenvalue weighted by Crippen LogP contribution is -2.22. The molecule has 0 spiro atoms. The van der Waals surface area contributed by atoms with Gasteiger partial charge in [-0.05, 0) is 31.0 Å². The molecular weight excluding hydrogens is 238 g/mol. The highest BCUT2D eigenvalue weighted by atomic mass is 16.5. The van der Waals surface area contributed by atoms with Crippen molar-refractivity contribution in [1.82, 2.24) is 5.32 Å². The van der Waals surface area contributed by atoms with E-state index < -0.39 is 0 Å². The maximum atomic E-state index is 5.94. The van der Waals surface area contributed by atoms with Crippen molar-refractivity contribution in [3.8, 4) is 0 Å². The van der Waals surface area contributed by atoms with Crippen LogP contribution >= 0.6 is 0 Å². The van der Waals surface area contributed by atoms with Gasteiger partial charge in [-0.1, -0.05) is 38.1 Å². The Balaban J connectivity index is 2.43. The van der Waals surface area contributed by atoms with Gasteiger partial charge in [0.2, 0.25) is 0 Å². The number of ether oxygens (including phenoxy) is 2. The average molecular weight is 265 g/mol. The predicted octanol–water partition coefficient (Wildman–Crippen LogP) is 2.94. The zero-order chi connectivity index (χ0) is 14.1. The molecule has 0 aliphatic carbocycles. The van der Waals surface area contributed by atoms with E-state index in [-0.39, 0.29) is 6.10 Å². The first-order chi connectivity index (χ1) is 9.15. The van der Waals surface area contributed by atoms with E-state index in [1.807, 2.05) is 7.05 Å². The molecule has 1 atom stereocenters. The van der Waals surface area contributed by atoms with Crippen molar-refractivity contribution in [3.05, 3.63) is 35.4 Å². The molecule has 1 N–H and O–H groups in total. The van der Waals surface area contributed by atoms with Gasteiger partial charge in [0.05, 0.1) is 19.3 Å². The Morgan fingerprint density at radius 1 is 1.16 bits per heavy atom. The Labute approximate surface area is 117 Å². The first-order valence-electron chi connectivity index (χ1n) is 7.04. The highest BCUT2D eigenvalue weighted by molar-refractivity contribution is 5.28. The van der Waals surface area contributed by atoms with Crippen molar-refractivity contribution in [3.63, 3.8) is 0 Å². The van der Waals surface area contributed by atoms with Gasteiger partial charge in [-0.25, -0.2) is 0 Å². The van der Waals surface area contributed by atoms with E-state index in [1.54, 1.807) is 0 Å². The smallest absolute Gasteiger partial charge is 0.0952 e. The molecule has 0 saturated carbocycles. The summed E-state index contributed by atoms with van der Waals surface area (Å²) in [5.41, 5.74) is 2.52. The summed E-state index contributed by atoms with van der Waals surface area (Å²) in [6.07, 6.45) is 0.0915. The molecule has 0 radical (unpaired) electrons. The number of rotatable bonds is 9. The molecule has 19 heavy (non-hydrogen) atoms. The van der Waals surface area contributed by atoms with Crippen LogP contribution in [0.3, 0.4) is 0 Å². The molecule has 108 valence electrons. The SMILES string of the molecule is CNCC(OCCOCC(C)C)c1ccccc1C. The van der Waals surface area contributed by atoms with Crippen LogP contribution in [-0.2, 0) is 9.47 Å². The van der Waals surface area contributed by atoms with E-state index in [0.29, 0.717) is 19.1 Å². The maximum absolute atomic E-state index is 5.94. The predicted molar refractivity (Wildman–Crippen MR) is 79.5 cm³/mol. The molecule has 3 heteroatoms. The molecule has 0 aliphatic rings. The molecule has 0 fully saturated rings. The summed E-state index contributed by atoms with van der Waals surface area (Å²) in [6.45, 7) is 9.32. The zero-order valence-electron chi connectivity index (χ0n) is 12.6. The number of aryl methyl sites for hydroxylation is 1. The summed E-state index contributed by atoms with van der Waals surface area (Å²) < 4.78 is 11.5. The second-order valence-electron chi connectivity index (χ2n) is 5.24. The summed E-state index contributed by atoms with van der Waals surface area (Å²) in [7, 11) is 1.95. The first kappa shape index (κ1) is 16.2. The number of nitrogens with one attached hydrogen (secondary N) is 1. The second kappa shape index (κ2) is 9.08. The van der Waals surface area contributed by atoms with Gasteiger partial charge in [-0.3, -0.25) is 0 Å². The molecule has 1 aromatic carbocycles. The summed E-state index contributed by atoms with van der Waals surface area (Å²) in [5, 5.41) is 3.19. The minimum Gasteiger partial charge on any atom is -0.379 e. The molecule has 0 aliphatic heterocycles. The van der Waals surface area contributed by atoms with Crippen LogP contribution in [0, 0.1) is 12.8 Å². The van der Waals surface area contributed by atoms with Crippen molar-refractivity contribution < 1.29 is 9.47 Å². The minimum atomic E-state index is 0.0915. The van der Waals surface area contributed by atoms with Gasteiger partial charge in [0.25, 0.3) is 0 Å². The minimum absolute atomic E-state index is 0.0915.